The normalized spacial score (nSPS) is 15.8. The number of carbonyl (C=O) groups excluding carboxylic acids is 1. The lowest BCUT2D eigenvalue weighted by Crippen LogP contribution is -2.25. The van der Waals surface area contributed by atoms with Gasteiger partial charge >= 0.3 is 0 Å². The molecule has 2 aliphatic heterocycles. The molecule has 0 N–H and O–H groups in total. The second kappa shape index (κ2) is 9.38. The molecule has 5 rings (SSSR count). The molecule has 2 aromatic heterocycles. The molecule has 3 aromatic rings. The van der Waals surface area contributed by atoms with E-state index >= 15 is 0 Å². The predicted octanol–water partition coefficient (Wildman–Crippen LogP) is 3.89. The molecule has 2 aliphatic rings. The van der Waals surface area contributed by atoms with Crippen LogP contribution < -0.4 is 9.47 Å². The highest BCUT2D eigenvalue weighted by atomic mass is 35.5. The molecule has 4 heterocycles. The summed E-state index contributed by atoms with van der Waals surface area (Å²) >= 11 is 7.98. The van der Waals surface area contributed by atoms with Crippen molar-refractivity contribution in [3.63, 3.8) is 0 Å². The number of thioether (sulfide) groups is 1. The van der Waals surface area contributed by atoms with Gasteiger partial charge in [-0.15, -0.1) is 10.2 Å². The zero-order chi connectivity index (χ0) is 21.9. The van der Waals surface area contributed by atoms with Gasteiger partial charge in [0.05, 0.1) is 24.8 Å². The lowest BCUT2D eigenvalue weighted by atomic mass is 10.2. The van der Waals surface area contributed by atoms with E-state index in [1.54, 1.807) is 6.20 Å². The topological polar surface area (TPSA) is 82.4 Å². The maximum atomic E-state index is 12.1. The molecule has 8 nitrogen and oxygen atoms in total. The monoisotopic (exact) mass is 471 g/mol. The van der Waals surface area contributed by atoms with Gasteiger partial charge in [0.2, 0.25) is 5.91 Å². The Bertz CT molecular complexity index is 1120. The fourth-order valence-electron chi connectivity index (χ4n) is 3.77. The summed E-state index contributed by atoms with van der Waals surface area (Å²) < 4.78 is 13.4. The molecule has 32 heavy (non-hydrogen) atoms. The van der Waals surface area contributed by atoms with E-state index in [0.717, 1.165) is 30.8 Å². The van der Waals surface area contributed by atoms with Crippen molar-refractivity contribution in [1.82, 2.24) is 24.6 Å². The van der Waals surface area contributed by atoms with Crippen LogP contribution >= 0.6 is 23.4 Å². The Labute approximate surface area is 194 Å². The number of benzene rings is 1. The Hall–Kier alpha value is -2.78. The number of nitrogens with zero attached hydrogens (tertiary/aromatic N) is 5. The summed E-state index contributed by atoms with van der Waals surface area (Å²) in [5.41, 5.74) is 0.996. The van der Waals surface area contributed by atoms with Crippen LogP contribution in [0.5, 0.6) is 11.5 Å². The Morgan fingerprint density at radius 2 is 2.03 bits per heavy atom. The summed E-state index contributed by atoms with van der Waals surface area (Å²) in [5.74, 6) is 3.45. The average molecular weight is 472 g/mol. The number of aromatic nitrogens is 4. The lowest BCUT2D eigenvalue weighted by molar-refractivity contribution is -0.128. The number of pyridine rings is 1. The number of hydrogen-bond acceptors (Lipinski definition) is 7. The fraction of sp³-hybridized carbons (Fsp3) is 0.364. The van der Waals surface area contributed by atoms with E-state index in [1.807, 2.05) is 39.8 Å². The van der Waals surface area contributed by atoms with Crippen molar-refractivity contribution in [2.75, 3.05) is 19.8 Å². The van der Waals surface area contributed by atoms with E-state index in [1.165, 1.54) is 11.8 Å². The van der Waals surface area contributed by atoms with Crippen molar-refractivity contribution in [2.24, 2.45) is 0 Å². The number of likely N-dealkylation sites (tertiary alicyclic amines) is 1. The fourth-order valence-corrected chi connectivity index (χ4v) is 4.95. The van der Waals surface area contributed by atoms with E-state index in [4.69, 9.17) is 21.1 Å². The quantitative estimate of drug-likeness (QED) is 0.504. The van der Waals surface area contributed by atoms with Gasteiger partial charge in [-0.25, -0.2) is 4.98 Å². The summed E-state index contributed by atoms with van der Waals surface area (Å²) in [5, 5.41) is 10.0. The van der Waals surface area contributed by atoms with Crippen LogP contribution in [0, 0.1) is 0 Å². The van der Waals surface area contributed by atoms with Gasteiger partial charge in [0, 0.05) is 31.3 Å². The maximum absolute atomic E-state index is 12.1. The van der Waals surface area contributed by atoms with Gasteiger partial charge in [-0.05, 0) is 36.2 Å². The van der Waals surface area contributed by atoms with Crippen molar-refractivity contribution < 1.29 is 14.3 Å². The molecular weight excluding hydrogens is 450 g/mol. The molecule has 0 spiro atoms. The zero-order valence-corrected chi connectivity index (χ0v) is 18.9. The molecule has 1 amide bonds. The highest BCUT2D eigenvalue weighted by Gasteiger charge is 2.24. The zero-order valence-electron chi connectivity index (χ0n) is 17.4. The van der Waals surface area contributed by atoms with Crippen molar-refractivity contribution in [2.45, 2.75) is 36.7 Å². The third kappa shape index (κ3) is 4.40. The summed E-state index contributed by atoms with van der Waals surface area (Å²) in [6, 6.07) is 9.56. The van der Waals surface area contributed by atoms with Crippen LogP contribution in [0.1, 0.15) is 30.7 Å². The number of ether oxygens (including phenoxy) is 2. The highest BCUT2D eigenvalue weighted by Crippen LogP contribution is 2.39. The molecular formula is C22H22ClN5O3S. The van der Waals surface area contributed by atoms with Gasteiger partial charge in [-0.3, -0.25) is 9.36 Å². The second-order valence-corrected chi connectivity index (χ2v) is 8.93. The van der Waals surface area contributed by atoms with Crippen molar-refractivity contribution in [1.29, 1.82) is 0 Å². The Morgan fingerprint density at radius 3 is 2.84 bits per heavy atom. The van der Waals surface area contributed by atoms with Crippen LogP contribution in [0.3, 0.4) is 0 Å². The third-order valence-electron chi connectivity index (χ3n) is 5.31. The minimum Gasteiger partial charge on any atom is -0.489 e. The Kier molecular flexibility index (Phi) is 6.18. The Balaban J connectivity index is 1.41. The first-order valence-electron chi connectivity index (χ1n) is 10.5. The van der Waals surface area contributed by atoms with Crippen LogP contribution in [0.4, 0.5) is 0 Å². The minimum atomic E-state index is 0.150. The Morgan fingerprint density at radius 1 is 1.12 bits per heavy atom. The second-order valence-electron chi connectivity index (χ2n) is 7.59. The molecule has 1 aromatic carbocycles. The standard InChI is InChI=1S/C22H22ClN5O3S/c23-16-11-15(12-17-21(16)31-10-4-9-30-17)14-32-22-26-25-19(13-27-8-3-6-20(27)29)28(22)18-5-1-2-7-24-18/h1-2,5,7,11-12H,3-4,6,8-10,13-14H2. The van der Waals surface area contributed by atoms with Crippen LogP contribution in [0.25, 0.3) is 5.82 Å². The number of carbonyl (C=O) groups is 1. The first-order valence-corrected chi connectivity index (χ1v) is 11.9. The molecule has 10 heteroatoms. The van der Waals surface area contributed by atoms with E-state index in [9.17, 15) is 4.79 Å². The predicted molar refractivity (Wildman–Crippen MR) is 120 cm³/mol. The van der Waals surface area contributed by atoms with Gasteiger partial charge in [0.15, 0.2) is 22.5 Å². The lowest BCUT2D eigenvalue weighted by Gasteiger charge is -2.16. The van der Waals surface area contributed by atoms with E-state index < -0.39 is 0 Å². The summed E-state index contributed by atoms with van der Waals surface area (Å²) in [7, 11) is 0. The van der Waals surface area contributed by atoms with Crippen LogP contribution in [-0.4, -0.2) is 50.3 Å². The van der Waals surface area contributed by atoms with Gasteiger partial charge in [0.1, 0.15) is 5.82 Å². The van der Waals surface area contributed by atoms with Crippen molar-refractivity contribution >= 4 is 29.3 Å². The molecule has 0 aliphatic carbocycles. The van der Waals surface area contributed by atoms with Crippen LogP contribution in [0.15, 0.2) is 41.7 Å². The molecule has 0 radical (unpaired) electrons. The number of halogens is 1. The minimum absolute atomic E-state index is 0.150. The molecule has 0 unspecified atom stereocenters. The van der Waals surface area contributed by atoms with Crippen LogP contribution in [-0.2, 0) is 17.1 Å². The first kappa shape index (κ1) is 21.1. The molecule has 166 valence electrons. The van der Waals surface area contributed by atoms with E-state index in [0.29, 0.717) is 59.4 Å². The molecule has 0 atom stereocenters. The third-order valence-corrected chi connectivity index (χ3v) is 6.59. The molecule has 0 saturated carbocycles. The van der Waals surface area contributed by atoms with Crippen LogP contribution in [0.2, 0.25) is 5.02 Å². The average Bonchev–Trinajstić information content (AvgIpc) is 3.31. The number of fused-ring (bicyclic) bond motifs is 1. The maximum Gasteiger partial charge on any atom is 0.223 e. The summed E-state index contributed by atoms with van der Waals surface area (Å²) in [4.78, 5) is 18.4. The number of hydrogen-bond donors (Lipinski definition) is 0. The molecule has 1 saturated heterocycles. The van der Waals surface area contributed by atoms with E-state index in [-0.39, 0.29) is 5.91 Å². The summed E-state index contributed by atoms with van der Waals surface area (Å²) in [6.45, 7) is 2.35. The first-order chi connectivity index (χ1) is 15.7. The van der Waals surface area contributed by atoms with Gasteiger partial charge in [0.25, 0.3) is 0 Å². The number of rotatable bonds is 6. The summed E-state index contributed by atoms with van der Waals surface area (Å²) in [6.07, 6.45) is 4.02. The van der Waals surface area contributed by atoms with Gasteiger partial charge < -0.3 is 14.4 Å². The number of amides is 1. The smallest absolute Gasteiger partial charge is 0.223 e. The SMILES string of the molecule is O=C1CCCN1Cc1nnc(SCc2cc(Cl)c3c(c2)OCCCO3)n1-c1ccccn1. The highest BCUT2D eigenvalue weighted by molar-refractivity contribution is 7.98. The molecule has 0 bridgehead atoms. The van der Waals surface area contributed by atoms with Gasteiger partial charge in [-0.2, -0.15) is 0 Å². The van der Waals surface area contributed by atoms with Crippen molar-refractivity contribution in [3.05, 3.63) is 52.9 Å². The largest absolute Gasteiger partial charge is 0.489 e. The van der Waals surface area contributed by atoms with Gasteiger partial charge in [-0.1, -0.05) is 29.4 Å². The van der Waals surface area contributed by atoms with E-state index in [2.05, 4.69) is 15.2 Å². The van der Waals surface area contributed by atoms with Crippen molar-refractivity contribution in [3.8, 4) is 17.3 Å². The molecule has 1 fully saturated rings.